The van der Waals surface area contributed by atoms with Crippen LogP contribution in [-0.4, -0.2) is 16.6 Å². The van der Waals surface area contributed by atoms with Crippen LogP contribution in [0.15, 0.2) is 24.3 Å². The molecule has 8 heteroatoms. The molecule has 0 spiro atoms. The molecule has 1 aromatic carbocycles. The zero-order valence-corrected chi connectivity index (χ0v) is 9.86. The van der Waals surface area contributed by atoms with Gasteiger partial charge in [0.15, 0.2) is 0 Å². The number of nitro groups is 1. The molecule has 1 aromatic rings. The van der Waals surface area contributed by atoms with Gasteiger partial charge in [-0.15, -0.1) is 13.2 Å². The number of nitro benzene ring substituents is 1. The Morgan fingerprint density at radius 1 is 1.35 bits per heavy atom. The van der Waals surface area contributed by atoms with Gasteiger partial charge in [0, 0.05) is 17.5 Å². The lowest BCUT2D eigenvalue weighted by molar-refractivity contribution is -0.384. The van der Waals surface area contributed by atoms with Crippen LogP contribution >= 0.6 is 15.9 Å². The van der Waals surface area contributed by atoms with E-state index in [9.17, 15) is 23.3 Å². The van der Waals surface area contributed by atoms with Gasteiger partial charge in [0.25, 0.3) is 5.69 Å². The second-order valence-corrected chi connectivity index (χ2v) is 3.70. The van der Waals surface area contributed by atoms with Crippen LogP contribution in [0.3, 0.4) is 0 Å². The highest BCUT2D eigenvalue weighted by atomic mass is 79.9. The summed E-state index contributed by atoms with van der Waals surface area (Å²) in [6.45, 7) is 0. The third kappa shape index (κ3) is 4.31. The second-order valence-electron chi connectivity index (χ2n) is 3.06. The van der Waals surface area contributed by atoms with Crippen molar-refractivity contribution >= 4 is 21.6 Å². The van der Waals surface area contributed by atoms with E-state index in [0.29, 0.717) is 0 Å². The minimum absolute atomic E-state index is 0.0652. The van der Waals surface area contributed by atoms with E-state index < -0.39 is 17.4 Å². The fraction of sp³-hybridized carbons (Fsp3) is 0.333. The third-order valence-electron chi connectivity index (χ3n) is 1.89. The van der Waals surface area contributed by atoms with E-state index in [1.54, 1.807) is 0 Å². The molecule has 0 N–H and O–H groups in total. The predicted octanol–water partition coefficient (Wildman–Crippen LogP) is 3.57. The number of hydrogen-bond donors (Lipinski definition) is 0. The summed E-state index contributed by atoms with van der Waals surface area (Å²) in [5.74, 6) is 0. The summed E-state index contributed by atoms with van der Waals surface area (Å²) < 4.78 is 40.0. The molecule has 0 bridgehead atoms. The van der Waals surface area contributed by atoms with Gasteiger partial charge in [-0.3, -0.25) is 14.9 Å². The van der Waals surface area contributed by atoms with Crippen LogP contribution in [0.4, 0.5) is 18.9 Å². The summed E-state index contributed by atoms with van der Waals surface area (Å²) in [7, 11) is 0. The van der Waals surface area contributed by atoms with Crippen molar-refractivity contribution in [1.82, 2.24) is 0 Å². The second kappa shape index (κ2) is 5.46. The average molecular weight is 314 g/mol. The number of non-ortho nitro benzene ring substituents is 1. The lowest BCUT2D eigenvalue weighted by Gasteiger charge is -2.17. The van der Waals surface area contributed by atoms with Crippen LogP contribution in [0.2, 0.25) is 0 Å². The molecular weight excluding hydrogens is 307 g/mol. The Bertz CT molecular complexity index is 393. The molecule has 0 fully saturated rings. The number of benzene rings is 1. The van der Waals surface area contributed by atoms with Crippen LogP contribution in [0.25, 0.3) is 0 Å². The van der Waals surface area contributed by atoms with E-state index in [-0.39, 0.29) is 16.6 Å². The Labute approximate surface area is 103 Å². The summed E-state index contributed by atoms with van der Waals surface area (Å²) in [6.07, 6.45) is -5.98. The van der Waals surface area contributed by atoms with E-state index in [1.165, 1.54) is 12.1 Å². The van der Waals surface area contributed by atoms with Crippen LogP contribution in [0.1, 0.15) is 11.7 Å². The number of rotatable bonds is 4. The van der Waals surface area contributed by atoms with Crippen molar-refractivity contribution in [3.8, 4) is 0 Å². The van der Waals surface area contributed by atoms with Gasteiger partial charge in [-0.2, -0.15) is 0 Å². The van der Waals surface area contributed by atoms with Gasteiger partial charge in [0.2, 0.25) is 0 Å². The first-order valence-corrected chi connectivity index (χ1v) is 5.50. The van der Waals surface area contributed by atoms with Crippen molar-refractivity contribution in [2.45, 2.75) is 12.5 Å². The molecular formula is C9H7BrF3NO3. The van der Waals surface area contributed by atoms with Crippen molar-refractivity contribution in [1.29, 1.82) is 0 Å². The Hall–Kier alpha value is -1.15. The third-order valence-corrected chi connectivity index (χ3v) is 2.48. The SMILES string of the molecule is O=[N+]([O-])c1ccc(C(CBr)OC(F)(F)F)cc1. The first-order chi connectivity index (χ1) is 7.83. The van der Waals surface area contributed by atoms with Crippen molar-refractivity contribution in [3.05, 3.63) is 39.9 Å². The van der Waals surface area contributed by atoms with Crippen molar-refractivity contribution in [2.24, 2.45) is 0 Å². The normalized spacial score (nSPS) is 13.4. The Morgan fingerprint density at radius 2 is 1.88 bits per heavy atom. The van der Waals surface area contributed by atoms with Crippen molar-refractivity contribution in [3.63, 3.8) is 0 Å². The van der Waals surface area contributed by atoms with E-state index in [1.807, 2.05) is 0 Å². The molecule has 0 saturated heterocycles. The number of nitrogens with zero attached hydrogens (tertiary/aromatic N) is 1. The van der Waals surface area contributed by atoms with Crippen molar-refractivity contribution < 1.29 is 22.8 Å². The highest BCUT2D eigenvalue weighted by molar-refractivity contribution is 9.09. The molecule has 0 amide bonds. The van der Waals surface area contributed by atoms with E-state index in [4.69, 9.17) is 0 Å². The summed E-state index contributed by atoms with van der Waals surface area (Å²) >= 11 is 2.89. The number of hydrogen-bond acceptors (Lipinski definition) is 3. The Kier molecular flexibility index (Phi) is 4.47. The quantitative estimate of drug-likeness (QED) is 0.485. The maximum Gasteiger partial charge on any atom is 0.523 e. The van der Waals surface area contributed by atoms with Gasteiger partial charge in [0.1, 0.15) is 6.10 Å². The van der Waals surface area contributed by atoms with E-state index in [0.717, 1.165) is 12.1 Å². The summed E-state index contributed by atoms with van der Waals surface area (Å²) in [5, 5.41) is 10.3. The molecule has 0 heterocycles. The van der Waals surface area contributed by atoms with Crippen molar-refractivity contribution in [2.75, 3.05) is 5.33 Å². The summed E-state index contributed by atoms with van der Waals surface area (Å²) in [6, 6.07) is 4.72. The Morgan fingerprint density at radius 3 is 2.24 bits per heavy atom. The van der Waals surface area contributed by atoms with E-state index in [2.05, 4.69) is 20.7 Å². The van der Waals surface area contributed by atoms with Gasteiger partial charge >= 0.3 is 6.36 Å². The standard InChI is InChI=1S/C9H7BrF3NO3/c10-5-8(17-9(11,12)13)6-1-3-7(4-2-6)14(15)16/h1-4,8H,5H2. The maximum absolute atomic E-state index is 12.0. The molecule has 1 atom stereocenters. The highest BCUT2D eigenvalue weighted by Crippen LogP contribution is 2.29. The minimum atomic E-state index is -4.75. The largest absolute Gasteiger partial charge is 0.523 e. The van der Waals surface area contributed by atoms with Crippen LogP contribution in [0.5, 0.6) is 0 Å². The molecule has 17 heavy (non-hydrogen) atoms. The molecule has 1 unspecified atom stereocenters. The molecule has 0 aliphatic heterocycles. The molecule has 1 rings (SSSR count). The first-order valence-electron chi connectivity index (χ1n) is 4.38. The topological polar surface area (TPSA) is 52.4 Å². The highest BCUT2D eigenvalue weighted by Gasteiger charge is 2.33. The predicted molar refractivity (Wildman–Crippen MR) is 56.8 cm³/mol. The summed E-state index contributed by atoms with van der Waals surface area (Å²) in [4.78, 5) is 9.74. The maximum atomic E-state index is 12.0. The first kappa shape index (κ1) is 13.9. The van der Waals surface area contributed by atoms with E-state index >= 15 is 0 Å². The minimum Gasteiger partial charge on any atom is -0.283 e. The molecule has 0 aliphatic rings. The molecule has 0 radical (unpaired) electrons. The zero-order chi connectivity index (χ0) is 13.1. The van der Waals surface area contributed by atoms with Crippen LogP contribution < -0.4 is 0 Å². The van der Waals surface area contributed by atoms with Gasteiger partial charge in [-0.05, 0) is 17.7 Å². The molecule has 94 valence electrons. The van der Waals surface area contributed by atoms with Gasteiger partial charge < -0.3 is 0 Å². The fourth-order valence-corrected chi connectivity index (χ4v) is 1.67. The monoisotopic (exact) mass is 313 g/mol. The van der Waals surface area contributed by atoms with Crippen LogP contribution in [0, 0.1) is 10.1 Å². The molecule has 0 aromatic heterocycles. The number of halogens is 4. The fourth-order valence-electron chi connectivity index (χ4n) is 1.16. The van der Waals surface area contributed by atoms with Gasteiger partial charge in [0.05, 0.1) is 4.92 Å². The number of alkyl halides is 4. The van der Waals surface area contributed by atoms with Crippen LogP contribution in [-0.2, 0) is 4.74 Å². The lowest BCUT2D eigenvalue weighted by Crippen LogP contribution is -2.19. The molecule has 4 nitrogen and oxygen atoms in total. The number of ether oxygens (including phenoxy) is 1. The summed E-state index contributed by atoms with van der Waals surface area (Å²) in [5.41, 5.74) is 0.0267. The van der Waals surface area contributed by atoms with Gasteiger partial charge in [-0.25, -0.2) is 0 Å². The Balaban J connectivity index is 2.86. The molecule has 0 aliphatic carbocycles. The zero-order valence-electron chi connectivity index (χ0n) is 8.28. The molecule has 0 saturated carbocycles. The van der Waals surface area contributed by atoms with Gasteiger partial charge in [-0.1, -0.05) is 15.9 Å². The average Bonchev–Trinajstić information content (AvgIpc) is 2.25. The lowest BCUT2D eigenvalue weighted by atomic mass is 10.1. The smallest absolute Gasteiger partial charge is 0.283 e.